The average molecular weight is 415 g/mol. The fraction of sp³-hybridized carbons (Fsp3) is 0.625. The number of amides is 1. The summed E-state index contributed by atoms with van der Waals surface area (Å²) in [5.74, 6) is 0. The second-order valence-corrected chi connectivity index (χ2v) is 10.5. The standard InChI is InChI=1S/C24H38BNO4/c1-10-11-17-19(21(2,3)4)26(20(27)28)24(9,18-15-13-12-14-16-18)25-29-22(5,6)23(7,8)30-25/h10,12-16,19H,1,11,17H2,2-9H3,(H,27,28). The van der Waals surface area contributed by atoms with Crippen molar-refractivity contribution in [3.05, 3.63) is 48.6 Å². The van der Waals surface area contributed by atoms with E-state index in [1.54, 1.807) is 4.90 Å². The molecule has 2 rings (SSSR count). The van der Waals surface area contributed by atoms with Crippen molar-refractivity contribution >= 4 is 13.2 Å². The molecule has 2 atom stereocenters. The molecule has 1 N–H and O–H groups in total. The molecule has 0 aromatic heterocycles. The van der Waals surface area contributed by atoms with Crippen LogP contribution in [0.2, 0.25) is 0 Å². The van der Waals surface area contributed by atoms with E-state index in [1.807, 2.05) is 71.0 Å². The number of allylic oxidation sites excluding steroid dienone is 1. The van der Waals surface area contributed by atoms with Gasteiger partial charge in [0, 0.05) is 6.04 Å². The average Bonchev–Trinajstić information content (AvgIpc) is 2.85. The number of carboxylic acid groups (broad SMARTS) is 1. The van der Waals surface area contributed by atoms with Crippen molar-refractivity contribution in [3.8, 4) is 0 Å². The third-order valence-electron chi connectivity index (χ3n) is 6.73. The fourth-order valence-corrected chi connectivity index (χ4v) is 4.12. The van der Waals surface area contributed by atoms with Crippen LogP contribution in [0, 0.1) is 5.41 Å². The van der Waals surface area contributed by atoms with Gasteiger partial charge in [-0.3, -0.25) is 4.90 Å². The second kappa shape index (κ2) is 8.39. The largest absolute Gasteiger partial charge is 0.490 e. The fourth-order valence-electron chi connectivity index (χ4n) is 4.12. The Balaban J connectivity index is 2.70. The van der Waals surface area contributed by atoms with Crippen molar-refractivity contribution in [2.75, 3.05) is 0 Å². The van der Waals surface area contributed by atoms with Gasteiger partial charge in [-0.1, -0.05) is 57.2 Å². The van der Waals surface area contributed by atoms with Crippen LogP contribution in [0.3, 0.4) is 0 Å². The zero-order valence-corrected chi connectivity index (χ0v) is 19.9. The first kappa shape index (κ1) is 24.5. The minimum absolute atomic E-state index is 0.266. The van der Waals surface area contributed by atoms with Crippen LogP contribution in [0.15, 0.2) is 43.0 Å². The molecule has 1 aliphatic heterocycles. The van der Waals surface area contributed by atoms with Crippen molar-refractivity contribution < 1.29 is 19.2 Å². The first-order valence-corrected chi connectivity index (χ1v) is 10.7. The molecular formula is C24H38BNO4. The van der Waals surface area contributed by atoms with Crippen LogP contribution in [0.25, 0.3) is 0 Å². The lowest BCUT2D eigenvalue weighted by Crippen LogP contribution is -2.63. The molecule has 1 aromatic rings. The Labute approximate surface area is 182 Å². The van der Waals surface area contributed by atoms with Gasteiger partial charge in [-0.05, 0) is 58.4 Å². The van der Waals surface area contributed by atoms with Gasteiger partial charge in [0.25, 0.3) is 0 Å². The molecule has 1 heterocycles. The maximum absolute atomic E-state index is 12.8. The van der Waals surface area contributed by atoms with Crippen LogP contribution in [0.5, 0.6) is 0 Å². The van der Waals surface area contributed by atoms with Gasteiger partial charge >= 0.3 is 13.2 Å². The predicted molar refractivity (Wildman–Crippen MR) is 122 cm³/mol. The highest BCUT2D eigenvalue weighted by atomic mass is 16.7. The summed E-state index contributed by atoms with van der Waals surface area (Å²) in [5, 5.41) is 10.5. The molecule has 166 valence electrons. The SMILES string of the molecule is C=CCCC(N(C(=O)O)C(C)(B1OC(C)(C)C(C)(C)O1)c1ccccc1)C(C)(C)C. The summed E-state index contributed by atoms with van der Waals surface area (Å²) in [5.41, 5.74) is -1.64. The first-order chi connectivity index (χ1) is 13.7. The Kier molecular flexibility index (Phi) is 6.85. The summed E-state index contributed by atoms with van der Waals surface area (Å²) in [4.78, 5) is 14.4. The summed E-state index contributed by atoms with van der Waals surface area (Å²) in [6.07, 6.45) is 2.24. The first-order valence-electron chi connectivity index (χ1n) is 10.7. The highest BCUT2D eigenvalue weighted by Crippen LogP contribution is 2.47. The number of rotatable bonds is 7. The number of hydrogen-bond donors (Lipinski definition) is 1. The van der Waals surface area contributed by atoms with E-state index in [-0.39, 0.29) is 11.5 Å². The van der Waals surface area contributed by atoms with Gasteiger partial charge in [0.1, 0.15) is 5.44 Å². The normalized spacial score (nSPS) is 21.0. The summed E-state index contributed by atoms with van der Waals surface area (Å²) < 4.78 is 12.9. The third kappa shape index (κ3) is 4.45. The Morgan fingerprint density at radius 3 is 2.03 bits per heavy atom. The number of hydrogen-bond acceptors (Lipinski definition) is 3. The maximum Gasteiger partial charge on any atom is 0.490 e. The van der Waals surface area contributed by atoms with E-state index in [4.69, 9.17) is 9.31 Å². The molecule has 1 fully saturated rings. The van der Waals surface area contributed by atoms with Crippen molar-refractivity contribution in [1.29, 1.82) is 0 Å². The zero-order chi connectivity index (χ0) is 23.0. The smallest absolute Gasteiger partial charge is 0.465 e. The molecule has 1 saturated heterocycles. The van der Waals surface area contributed by atoms with Crippen molar-refractivity contribution in [2.45, 2.75) is 90.9 Å². The highest BCUT2D eigenvalue weighted by Gasteiger charge is 2.63. The van der Waals surface area contributed by atoms with Crippen LogP contribution in [-0.4, -0.2) is 40.5 Å². The molecular weight excluding hydrogens is 377 g/mol. The highest BCUT2D eigenvalue weighted by molar-refractivity contribution is 6.49. The van der Waals surface area contributed by atoms with Crippen LogP contribution < -0.4 is 0 Å². The molecule has 2 unspecified atom stereocenters. The Bertz CT molecular complexity index is 740. The molecule has 1 amide bonds. The monoisotopic (exact) mass is 415 g/mol. The predicted octanol–water partition coefficient (Wildman–Crippen LogP) is 5.89. The molecule has 0 radical (unpaired) electrons. The van der Waals surface area contributed by atoms with E-state index in [9.17, 15) is 9.90 Å². The van der Waals surface area contributed by atoms with Crippen molar-refractivity contribution in [3.63, 3.8) is 0 Å². The Morgan fingerprint density at radius 1 is 1.13 bits per heavy atom. The minimum Gasteiger partial charge on any atom is -0.465 e. The van der Waals surface area contributed by atoms with Crippen LogP contribution in [0.1, 0.15) is 73.8 Å². The molecule has 1 aromatic carbocycles. The number of nitrogens with zero attached hydrogens (tertiary/aromatic N) is 1. The molecule has 0 aliphatic carbocycles. The summed E-state index contributed by atoms with van der Waals surface area (Å²) in [6, 6.07) is 9.42. The maximum atomic E-state index is 12.8. The van der Waals surface area contributed by atoms with Crippen LogP contribution in [-0.2, 0) is 14.7 Å². The summed E-state index contributed by atoms with van der Waals surface area (Å²) in [6.45, 7) is 19.9. The molecule has 6 heteroatoms. The summed E-state index contributed by atoms with van der Waals surface area (Å²) in [7, 11) is -0.755. The lowest BCUT2D eigenvalue weighted by Gasteiger charge is -2.49. The Hall–Kier alpha value is -1.79. The van der Waals surface area contributed by atoms with Gasteiger partial charge in [0.2, 0.25) is 0 Å². The topological polar surface area (TPSA) is 59.0 Å². The zero-order valence-electron chi connectivity index (χ0n) is 19.9. The van der Waals surface area contributed by atoms with Crippen LogP contribution in [0.4, 0.5) is 4.79 Å². The molecule has 0 saturated carbocycles. The third-order valence-corrected chi connectivity index (χ3v) is 6.73. The van der Waals surface area contributed by atoms with E-state index >= 15 is 0 Å². The summed E-state index contributed by atoms with van der Waals surface area (Å²) >= 11 is 0. The van der Waals surface area contributed by atoms with Gasteiger partial charge in [-0.25, -0.2) is 4.79 Å². The quantitative estimate of drug-likeness (QED) is 0.445. The van der Waals surface area contributed by atoms with Crippen molar-refractivity contribution in [2.24, 2.45) is 5.41 Å². The van der Waals surface area contributed by atoms with E-state index in [2.05, 4.69) is 27.4 Å². The molecule has 30 heavy (non-hydrogen) atoms. The van der Waals surface area contributed by atoms with Gasteiger partial charge in [0.15, 0.2) is 0 Å². The van der Waals surface area contributed by atoms with Gasteiger partial charge in [-0.2, -0.15) is 0 Å². The molecule has 1 aliphatic rings. The van der Waals surface area contributed by atoms with E-state index < -0.39 is 29.9 Å². The van der Waals surface area contributed by atoms with Crippen LogP contribution >= 0.6 is 0 Å². The Morgan fingerprint density at radius 2 is 1.63 bits per heavy atom. The van der Waals surface area contributed by atoms with E-state index in [0.717, 1.165) is 12.0 Å². The molecule has 0 spiro atoms. The molecule has 0 bridgehead atoms. The second-order valence-electron chi connectivity index (χ2n) is 10.5. The van der Waals surface area contributed by atoms with Gasteiger partial charge in [-0.15, -0.1) is 6.58 Å². The number of carbonyl (C=O) groups is 1. The van der Waals surface area contributed by atoms with Crippen molar-refractivity contribution in [1.82, 2.24) is 4.90 Å². The van der Waals surface area contributed by atoms with E-state index in [0.29, 0.717) is 6.42 Å². The van der Waals surface area contributed by atoms with Gasteiger partial charge in [0.05, 0.1) is 11.2 Å². The minimum atomic E-state index is -1.04. The lowest BCUT2D eigenvalue weighted by atomic mass is 9.59. The lowest BCUT2D eigenvalue weighted by molar-refractivity contribution is 0.00578. The van der Waals surface area contributed by atoms with Gasteiger partial charge < -0.3 is 14.4 Å². The van der Waals surface area contributed by atoms with E-state index in [1.165, 1.54) is 0 Å². The molecule has 5 nitrogen and oxygen atoms in total. The number of benzene rings is 1.